The summed E-state index contributed by atoms with van der Waals surface area (Å²) in [5, 5.41) is 21.7. The maximum absolute atomic E-state index is 11.9. The number of hydrogen-bond donors (Lipinski definition) is 3. The fourth-order valence-electron chi connectivity index (χ4n) is 2.57. The van der Waals surface area contributed by atoms with E-state index in [1.165, 1.54) is 44.4 Å². The molecule has 43 heavy (non-hydrogen) atoms. The van der Waals surface area contributed by atoms with Crippen molar-refractivity contribution in [1.29, 1.82) is 0 Å². The Hall–Kier alpha value is -3.64. The van der Waals surface area contributed by atoms with Crippen molar-refractivity contribution >= 4 is 23.5 Å². The zero-order valence-corrected chi connectivity index (χ0v) is 28.6. The first-order valence-electron chi connectivity index (χ1n) is 15.1. The zero-order valence-electron chi connectivity index (χ0n) is 28.6. The summed E-state index contributed by atoms with van der Waals surface area (Å²) in [6.45, 7) is 28.5. The predicted octanol–water partition coefficient (Wildman–Crippen LogP) is 5.52. The Balaban J connectivity index is -0.000000194. The topological polar surface area (TPSA) is 167 Å². The molecule has 250 valence electrons. The first kappa shape index (κ1) is 49.1. The van der Waals surface area contributed by atoms with Crippen molar-refractivity contribution in [2.24, 2.45) is 15.7 Å². The maximum Gasteiger partial charge on any atom is 0.317 e. The van der Waals surface area contributed by atoms with Crippen LogP contribution >= 0.6 is 0 Å². The molecular weight excluding hydrogens is 550 g/mol. The second kappa shape index (κ2) is 38.4. The van der Waals surface area contributed by atoms with Gasteiger partial charge in [0.1, 0.15) is 0 Å². The van der Waals surface area contributed by atoms with E-state index in [2.05, 4.69) is 40.3 Å². The van der Waals surface area contributed by atoms with Crippen LogP contribution in [0.2, 0.25) is 0 Å². The molecule has 0 aromatic carbocycles. The molecule has 1 heterocycles. The number of carbonyl (C=O) groups excluding carboxylic acids is 1. The van der Waals surface area contributed by atoms with Crippen molar-refractivity contribution in [2.45, 2.75) is 81.6 Å². The number of nitrogens with two attached hydrogens (primary N) is 1. The largest absolute Gasteiger partial charge is 0.480 e. The molecule has 4 N–H and O–H groups in total. The highest BCUT2D eigenvalue weighted by atomic mass is 16.6. The van der Waals surface area contributed by atoms with Crippen molar-refractivity contribution < 1.29 is 19.6 Å². The molecule has 1 rings (SSSR count). The first-order valence-corrected chi connectivity index (χ1v) is 15.1. The third-order valence-electron chi connectivity index (χ3n) is 4.54. The number of aliphatic imine (C=N–C) groups is 2. The Kier molecular flexibility index (Phi) is 43.8. The molecule has 12 heteroatoms. The van der Waals surface area contributed by atoms with E-state index in [9.17, 15) is 19.7 Å². The van der Waals surface area contributed by atoms with Gasteiger partial charge in [-0.2, -0.15) is 0 Å². The van der Waals surface area contributed by atoms with Crippen LogP contribution in [-0.4, -0.2) is 89.8 Å². The Morgan fingerprint density at radius 2 is 1.63 bits per heavy atom. The van der Waals surface area contributed by atoms with Gasteiger partial charge in [0, 0.05) is 6.54 Å². The van der Waals surface area contributed by atoms with Crippen LogP contribution in [0.25, 0.3) is 0 Å². The highest BCUT2D eigenvalue weighted by Crippen LogP contribution is 2.04. The van der Waals surface area contributed by atoms with Gasteiger partial charge in [-0.1, -0.05) is 92.3 Å². The number of likely N-dealkylation sites (N-methyl/N-ethyl adjacent to an activating group) is 1. The van der Waals surface area contributed by atoms with Crippen LogP contribution in [-0.2, 0) is 9.59 Å². The van der Waals surface area contributed by atoms with E-state index in [-0.39, 0.29) is 13.2 Å². The minimum Gasteiger partial charge on any atom is -0.480 e. The number of likely N-dealkylation sites (tertiary alicyclic amines) is 1. The molecule has 0 unspecified atom stereocenters. The van der Waals surface area contributed by atoms with Crippen LogP contribution in [0.5, 0.6) is 0 Å². The van der Waals surface area contributed by atoms with Crippen LogP contribution in [0.15, 0.2) is 59.2 Å². The molecule has 1 aliphatic rings. The number of carboxylic acids is 1. The van der Waals surface area contributed by atoms with Gasteiger partial charge in [0.25, 0.3) is 5.91 Å². The average molecular weight is 612 g/mol. The Labute approximate surface area is 261 Å². The van der Waals surface area contributed by atoms with E-state index in [0.29, 0.717) is 13.0 Å². The quantitative estimate of drug-likeness (QED) is 0.0903. The van der Waals surface area contributed by atoms with E-state index in [1.54, 1.807) is 6.08 Å². The number of amidine groups is 2. The van der Waals surface area contributed by atoms with E-state index in [0.717, 1.165) is 0 Å². The number of carbonyl (C=O) groups is 2. The number of hydrogen-bond acceptors (Lipinski definition) is 7. The molecule has 0 saturated carbocycles. The van der Waals surface area contributed by atoms with Gasteiger partial charge in [-0.05, 0) is 59.4 Å². The molecule has 1 fully saturated rings. The minimum absolute atomic E-state index is 0.150. The predicted molar refractivity (Wildman–Crippen MR) is 183 cm³/mol. The van der Waals surface area contributed by atoms with Gasteiger partial charge in [0.15, 0.2) is 0 Å². The number of amides is 1. The monoisotopic (exact) mass is 611 g/mol. The summed E-state index contributed by atoms with van der Waals surface area (Å²) < 4.78 is 0. The van der Waals surface area contributed by atoms with Gasteiger partial charge >= 0.3 is 11.7 Å². The molecule has 0 aromatic heterocycles. The van der Waals surface area contributed by atoms with Crippen LogP contribution < -0.4 is 11.1 Å². The van der Waals surface area contributed by atoms with Gasteiger partial charge in [-0.3, -0.25) is 24.6 Å². The molecule has 12 nitrogen and oxygen atoms in total. The summed E-state index contributed by atoms with van der Waals surface area (Å²) >= 11 is 0. The number of aliphatic carboxylic acids is 1. The molecule has 0 atom stereocenters. The second-order valence-electron chi connectivity index (χ2n) is 7.78. The molecule has 1 amide bonds. The lowest BCUT2D eigenvalue weighted by molar-refractivity contribution is -0.414. The number of nitrogens with zero attached hydrogens (tertiary/aromatic N) is 5. The van der Waals surface area contributed by atoms with Gasteiger partial charge in [0.05, 0.1) is 18.1 Å². The molecule has 0 aliphatic carbocycles. The lowest BCUT2D eigenvalue weighted by Crippen LogP contribution is -2.34. The molecule has 0 aromatic rings. The van der Waals surface area contributed by atoms with Gasteiger partial charge < -0.3 is 21.1 Å². The fraction of sp³-hybridized carbons (Fsp3) is 0.613. The summed E-state index contributed by atoms with van der Waals surface area (Å²) in [6, 6.07) is 0. The van der Waals surface area contributed by atoms with Crippen molar-refractivity contribution in [3.63, 3.8) is 0 Å². The lowest BCUT2D eigenvalue weighted by Gasteiger charge is -2.11. The van der Waals surface area contributed by atoms with Gasteiger partial charge in [-0.15, -0.1) is 0 Å². The van der Waals surface area contributed by atoms with Crippen LogP contribution in [0, 0.1) is 10.1 Å². The molecule has 0 spiro atoms. The lowest BCUT2D eigenvalue weighted by atomic mass is 10.4. The number of allylic oxidation sites excluding steroid dienone is 5. The molecular formula is C31H61N7O5. The van der Waals surface area contributed by atoms with E-state index in [1.807, 2.05) is 79.7 Å². The molecule has 1 aliphatic heterocycles. The van der Waals surface area contributed by atoms with Crippen molar-refractivity contribution in [3.8, 4) is 0 Å². The number of nitrogens with one attached hydrogen (secondary N) is 1. The van der Waals surface area contributed by atoms with Crippen LogP contribution in [0.1, 0.15) is 81.6 Å². The Morgan fingerprint density at radius 3 is 2.00 bits per heavy atom. The average Bonchev–Trinajstić information content (AvgIpc) is 3.55. The van der Waals surface area contributed by atoms with Crippen molar-refractivity contribution in [3.05, 3.63) is 59.3 Å². The zero-order chi connectivity index (χ0) is 34.6. The number of carboxylic acid groups (broad SMARTS) is 1. The van der Waals surface area contributed by atoms with Crippen molar-refractivity contribution in [2.75, 3.05) is 46.4 Å². The second-order valence-corrected chi connectivity index (χ2v) is 7.78. The van der Waals surface area contributed by atoms with Crippen LogP contribution in [0.3, 0.4) is 0 Å². The third-order valence-corrected chi connectivity index (χ3v) is 4.54. The normalized spacial score (nSPS) is 12.5. The summed E-state index contributed by atoms with van der Waals surface area (Å²) in [6.07, 6.45) is 13.0. The van der Waals surface area contributed by atoms with Crippen molar-refractivity contribution in [1.82, 2.24) is 15.1 Å². The summed E-state index contributed by atoms with van der Waals surface area (Å²) in [5.74, 6) is -2.68. The fourth-order valence-corrected chi connectivity index (χ4v) is 2.57. The number of nitro groups is 1. The van der Waals surface area contributed by atoms with Crippen LogP contribution in [0.4, 0.5) is 0 Å². The summed E-state index contributed by atoms with van der Waals surface area (Å²) in [5.41, 5.74) is 4.75. The molecule has 1 saturated heterocycles. The highest BCUT2D eigenvalue weighted by molar-refractivity contribution is 6.40. The molecule has 0 bridgehead atoms. The Bertz CT molecular complexity index is 847. The summed E-state index contributed by atoms with van der Waals surface area (Å²) in [4.78, 5) is 43.5. The minimum atomic E-state index is -1.07. The molecule has 0 radical (unpaired) electrons. The van der Waals surface area contributed by atoms with E-state index in [4.69, 9.17) is 10.8 Å². The smallest absolute Gasteiger partial charge is 0.317 e. The first-order chi connectivity index (χ1) is 20.5. The summed E-state index contributed by atoms with van der Waals surface area (Å²) in [7, 11) is 1.47. The standard InChI is InChI=1S/C12H20N6O5.C7H10.C6H13N.3C2H6/c1-4-5-14-12(21)11(15-7-17(3)6-9(19)20)16-10(13)8(2)18(22)23;1-3-5-7-6-4-2;1-2-7-5-3-4-6-7;3*1-2/h2,4-7H2,1,3H3,(H,14,21)(H,19,20)(H2,13,15,16);3-7H,1H2,2H3;2-6H2,1H3;3*1-2H3/b;6-4+,7-5-;;;;. The Morgan fingerprint density at radius 1 is 1.09 bits per heavy atom. The SMILES string of the molecule is C=C(C(N)=N/C(=N\CN(C)CC(=O)O)C(=O)NCCC)[N+](=O)[O-].C=C/C=C\C=C\C.CC.CC.CC.CCN1CCCC1. The van der Waals surface area contributed by atoms with Gasteiger partial charge in [0.2, 0.25) is 11.7 Å². The third kappa shape index (κ3) is 34.5. The van der Waals surface area contributed by atoms with E-state index < -0.39 is 34.2 Å². The highest BCUT2D eigenvalue weighted by Gasteiger charge is 2.17. The van der Waals surface area contributed by atoms with E-state index >= 15 is 0 Å². The van der Waals surface area contributed by atoms with Gasteiger partial charge in [-0.25, -0.2) is 9.98 Å². The number of rotatable bonds is 11. The maximum atomic E-state index is 11.9.